The molecule has 1 aliphatic carbocycles. The van der Waals surface area contributed by atoms with E-state index in [1.807, 2.05) is 6.07 Å². The van der Waals surface area contributed by atoms with Gasteiger partial charge in [-0.15, -0.1) is 0 Å². The van der Waals surface area contributed by atoms with Crippen LogP contribution in [0.3, 0.4) is 0 Å². The molecule has 0 spiro atoms. The molecule has 0 radical (unpaired) electrons. The van der Waals surface area contributed by atoms with Crippen molar-refractivity contribution in [2.45, 2.75) is 38.1 Å². The Labute approximate surface area is 139 Å². The van der Waals surface area contributed by atoms with Gasteiger partial charge in [0.1, 0.15) is 5.82 Å². The van der Waals surface area contributed by atoms with Gasteiger partial charge in [-0.1, -0.05) is 6.07 Å². The number of nitrogens with zero attached hydrogens (tertiary/aromatic N) is 2. The molecule has 4 heteroatoms. The Kier molecular flexibility index (Phi) is 6.03. The molecule has 0 bridgehead atoms. The molecule has 3 nitrogen and oxygen atoms in total. The van der Waals surface area contributed by atoms with Gasteiger partial charge in [-0.25, -0.2) is 4.39 Å². The molecule has 1 N–H and O–H groups in total. The zero-order valence-corrected chi connectivity index (χ0v) is 14.4. The fourth-order valence-corrected chi connectivity index (χ4v) is 3.90. The summed E-state index contributed by atoms with van der Waals surface area (Å²) < 4.78 is 13.4. The Bertz CT molecular complexity index is 505. The van der Waals surface area contributed by atoms with Crippen molar-refractivity contribution in [2.75, 3.05) is 46.3 Å². The van der Waals surface area contributed by atoms with Crippen molar-refractivity contribution < 1.29 is 4.39 Å². The minimum atomic E-state index is -0.101. The number of hydrogen-bond acceptors (Lipinski definition) is 3. The molecule has 0 aromatic heterocycles. The smallest absolute Gasteiger partial charge is 0.123 e. The molecular weight excluding hydrogens is 289 g/mol. The van der Waals surface area contributed by atoms with E-state index in [-0.39, 0.29) is 5.82 Å². The van der Waals surface area contributed by atoms with Crippen molar-refractivity contribution in [3.8, 4) is 0 Å². The number of benzene rings is 1. The SMILES string of the molecule is CN1CCCN(CCCN[C@H]2CCCc3cc(F)ccc32)CC1. The molecule has 1 atom stereocenters. The summed E-state index contributed by atoms with van der Waals surface area (Å²) in [6, 6.07) is 5.71. The van der Waals surface area contributed by atoms with Gasteiger partial charge in [0.05, 0.1) is 0 Å². The van der Waals surface area contributed by atoms with Crippen molar-refractivity contribution in [2.24, 2.45) is 0 Å². The second kappa shape index (κ2) is 8.22. The van der Waals surface area contributed by atoms with Crippen molar-refractivity contribution in [1.82, 2.24) is 15.1 Å². The van der Waals surface area contributed by atoms with Gasteiger partial charge in [-0.05, 0) is 88.6 Å². The maximum Gasteiger partial charge on any atom is 0.123 e. The molecule has 23 heavy (non-hydrogen) atoms. The van der Waals surface area contributed by atoms with Gasteiger partial charge in [-0.2, -0.15) is 0 Å². The third-order valence-corrected chi connectivity index (χ3v) is 5.27. The molecule has 0 saturated carbocycles. The summed E-state index contributed by atoms with van der Waals surface area (Å²) >= 11 is 0. The number of hydrogen-bond donors (Lipinski definition) is 1. The van der Waals surface area contributed by atoms with Gasteiger partial charge in [-0.3, -0.25) is 0 Å². The van der Waals surface area contributed by atoms with Crippen molar-refractivity contribution >= 4 is 0 Å². The molecule has 1 aromatic carbocycles. The average Bonchev–Trinajstić information content (AvgIpc) is 2.76. The number of aryl methyl sites for hydroxylation is 1. The molecule has 1 fully saturated rings. The highest BCUT2D eigenvalue weighted by Crippen LogP contribution is 2.30. The quantitative estimate of drug-likeness (QED) is 0.842. The first-order chi connectivity index (χ1) is 11.2. The largest absolute Gasteiger partial charge is 0.310 e. The molecule has 3 rings (SSSR count). The summed E-state index contributed by atoms with van der Waals surface area (Å²) in [6.45, 7) is 7.08. The Morgan fingerprint density at radius 1 is 1.17 bits per heavy atom. The molecule has 1 aliphatic heterocycles. The van der Waals surface area contributed by atoms with E-state index in [1.165, 1.54) is 63.1 Å². The lowest BCUT2D eigenvalue weighted by Crippen LogP contribution is -2.32. The van der Waals surface area contributed by atoms with E-state index in [2.05, 4.69) is 22.2 Å². The standard InChI is InChI=1S/C19H30FN3/c1-22-10-4-12-23(14-13-22)11-3-9-21-19-6-2-5-16-15-17(20)7-8-18(16)19/h7-8,15,19,21H,2-6,9-14H2,1H3/t19-/m0/s1. The predicted molar refractivity (Wildman–Crippen MR) is 93.3 cm³/mol. The summed E-state index contributed by atoms with van der Waals surface area (Å²) in [5.41, 5.74) is 2.51. The van der Waals surface area contributed by atoms with E-state index in [9.17, 15) is 4.39 Å². The van der Waals surface area contributed by atoms with Gasteiger partial charge in [0.2, 0.25) is 0 Å². The van der Waals surface area contributed by atoms with Crippen LogP contribution in [0.1, 0.15) is 42.9 Å². The predicted octanol–water partition coefficient (Wildman–Crippen LogP) is 2.82. The zero-order valence-electron chi connectivity index (χ0n) is 14.4. The Morgan fingerprint density at radius 2 is 2.09 bits per heavy atom. The van der Waals surface area contributed by atoms with Crippen molar-refractivity contribution in [3.63, 3.8) is 0 Å². The van der Waals surface area contributed by atoms with E-state index in [1.54, 1.807) is 12.1 Å². The van der Waals surface area contributed by atoms with Gasteiger partial charge < -0.3 is 15.1 Å². The van der Waals surface area contributed by atoms with Crippen LogP contribution in [-0.2, 0) is 6.42 Å². The highest BCUT2D eigenvalue weighted by Gasteiger charge is 2.20. The second-order valence-electron chi connectivity index (χ2n) is 7.09. The van der Waals surface area contributed by atoms with Crippen LogP contribution >= 0.6 is 0 Å². The van der Waals surface area contributed by atoms with Crippen LogP contribution < -0.4 is 5.32 Å². The first kappa shape index (κ1) is 16.9. The lowest BCUT2D eigenvalue weighted by Gasteiger charge is -2.27. The fourth-order valence-electron chi connectivity index (χ4n) is 3.90. The Hall–Kier alpha value is -0.970. The molecule has 0 unspecified atom stereocenters. The van der Waals surface area contributed by atoms with Gasteiger partial charge in [0.15, 0.2) is 0 Å². The van der Waals surface area contributed by atoms with E-state index in [0.29, 0.717) is 6.04 Å². The summed E-state index contributed by atoms with van der Waals surface area (Å²) in [7, 11) is 2.22. The van der Waals surface area contributed by atoms with Gasteiger partial charge in [0.25, 0.3) is 0 Å². The molecule has 1 aromatic rings. The summed E-state index contributed by atoms with van der Waals surface area (Å²) in [5, 5.41) is 3.70. The first-order valence-corrected chi connectivity index (χ1v) is 9.15. The average molecular weight is 319 g/mol. The maximum absolute atomic E-state index is 13.4. The summed E-state index contributed by atoms with van der Waals surface area (Å²) in [4.78, 5) is 5.02. The highest BCUT2D eigenvalue weighted by molar-refractivity contribution is 5.32. The lowest BCUT2D eigenvalue weighted by molar-refractivity contribution is 0.270. The number of nitrogens with one attached hydrogen (secondary N) is 1. The lowest BCUT2D eigenvalue weighted by atomic mass is 9.87. The minimum absolute atomic E-state index is 0.101. The number of likely N-dealkylation sites (N-methyl/N-ethyl adjacent to an activating group) is 1. The van der Waals surface area contributed by atoms with Crippen LogP contribution in [0, 0.1) is 5.82 Å². The normalized spacial score (nSPS) is 23.5. The molecular formula is C19H30FN3. The van der Waals surface area contributed by atoms with Crippen LogP contribution in [-0.4, -0.2) is 56.1 Å². The molecule has 128 valence electrons. The highest BCUT2D eigenvalue weighted by atomic mass is 19.1. The number of fused-ring (bicyclic) bond motifs is 1. The van der Waals surface area contributed by atoms with Crippen LogP contribution in [0.25, 0.3) is 0 Å². The second-order valence-corrected chi connectivity index (χ2v) is 7.09. The van der Waals surface area contributed by atoms with Crippen LogP contribution in [0.4, 0.5) is 4.39 Å². The molecule has 1 heterocycles. The third kappa shape index (κ3) is 4.75. The Morgan fingerprint density at radius 3 is 3.00 bits per heavy atom. The molecule has 0 amide bonds. The van der Waals surface area contributed by atoms with Crippen molar-refractivity contribution in [3.05, 3.63) is 35.1 Å². The number of halogens is 1. The molecule has 1 saturated heterocycles. The van der Waals surface area contributed by atoms with Gasteiger partial charge in [0, 0.05) is 19.1 Å². The zero-order chi connectivity index (χ0) is 16.1. The van der Waals surface area contributed by atoms with Crippen LogP contribution in [0.2, 0.25) is 0 Å². The van der Waals surface area contributed by atoms with Crippen LogP contribution in [0.15, 0.2) is 18.2 Å². The third-order valence-electron chi connectivity index (χ3n) is 5.27. The van der Waals surface area contributed by atoms with Crippen molar-refractivity contribution in [1.29, 1.82) is 0 Å². The number of rotatable bonds is 5. The van der Waals surface area contributed by atoms with Gasteiger partial charge >= 0.3 is 0 Å². The van der Waals surface area contributed by atoms with E-state index in [0.717, 1.165) is 19.4 Å². The van der Waals surface area contributed by atoms with E-state index < -0.39 is 0 Å². The van der Waals surface area contributed by atoms with E-state index in [4.69, 9.17) is 0 Å². The Balaban J connectivity index is 1.43. The maximum atomic E-state index is 13.4. The summed E-state index contributed by atoms with van der Waals surface area (Å²) in [6.07, 6.45) is 5.83. The minimum Gasteiger partial charge on any atom is -0.310 e. The monoisotopic (exact) mass is 319 g/mol. The van der Waals surface area contributed by atoms with Crippen LogP contribution in [0.5, 0.6) is 0 Å². The summed E-state index contributed by atoms with van der Waals surface area (Å²) in [5.74, 6) is -0.101. The first-order valence-electron chi connectivity index (χ1n) is 9.15. The topological polar surface area (TPSA) is 18.5 Å². The van der Waals surface area contributed by atoms with E-state index >= 15 is 0 Å². The fraction of sp³-hybridized carbons (Fsp3) is 0.684. The molecule has 2 aliphatic rings.